The van der Waals surface area contributed by atoms with E-state index in [9.17, 15) is 0 Å². The van der Waals surface area contributed by atoms with Crippen molar-refractivity contribution in [3.8, 4) is 23.0 Å². The van der Waals surface area contributed by atoms with E-state index in [4.69, 9.17) is 18.9 Å². The van der Waals surface area contributed by atoms with Gasteiger partial charge in [0.1, 0.15) is 0 Å². The van der Waals surface area contributed by atoms with Crippen LogP contribution in [0.25, 0.3) is 43.1 Å². The molecule has 0 bridgehead atoms. The van der Waals surface area contributed by atoms with Crippen LogP contribution in [0.15, 0.2) is 60.7 Å². The van der Waals surface area contributed by atoms with Crippen LogP contribution in [0.2, 0.25) is 0 Å². The third kappa shape index (κ3) is 4.05. The molecule has 0 spiro atoms. The van der Waals surface area contributed by atoms with Gasteiger partial charge >= 0.3 is 0 Å². The average molecular weight is 479 g/mol. The van der Waals surface area contributed by atoms with Crippen molar-refractivity contribution >= 4 is 43.1 Å². The highest BCUT2D eigenvalue weighted by molar-refractivity contribution is 6.08. The minimum Gasteiger partial charge on any atom is -0.490 e. The molecule has 0 amide bonds. The fourth-order valence-electron chi connectivity index (χ4n) is 5.46. The number of hydrogen-bond acceptors (Lipinski definition) is 4. The maximum Gasteiger partial charge on any atom is 0.161 e. The molecule has 2 aliphatic heterocycles. The van der Waals surface area contributed by atoms with Crippen molar-refractivity contribution in [2.24, 2.45) is 0 Å². The fourth-order valence-corrected chi connectivity index (χ4v) is 5.46. The minimum absolute atomic E-state index is 0.742. The molecule has 0 aromatic heterocycles. The lowest BCUT2D eigenvalue weighted by atomic mass is 9.97. The SMILES string of the molecule is c1c2c(cc3cc4cc5cc6cc7c(cc6cc5cc4cc13)OCCCCCO7)OCCCCCO2. The summed E-state index contributed by atoms with van der Waals surface area (Å²) in [6, 6.07) is 22.2. The van der Waals surface area contributed by atoms with E-state index in [1.54, 1.807) is 0 Å². The van der Waals surface area contributed by atoms with Crippen molar-refractivity contribution in [1.29, 1.82) is 0 Å². The molecule has 0 radical (unpaired) electrons. The molecule has 0 saturated heterocycles. The van der Waals surface area contributed by atoms with Gasteiger partial charge in [0.2, 0.25) is 0 Å². The van der Waals surface area contributed by atoms with Gasteiger partial charge in [-0.3, -0.25) is 0 Å². The lowest BCUT2D eigenvalue weighted by Crippen LogP contribution is -1.98. The maximum atomic E-state index is 6.07. The van der Waals surface area contributed by atoms with Gasteiger partial charge in [0.25, 0.3) is 0 Å². The van der Waals surface area contributed by atoms with Gasteiger partial charge in [0, 0.05) is 0 Å². The molecule has 0 atom stereocenters. The molecule has 4 heteroatoms. The van der Waals surface area contributed by atoms with E-state index in [-0.39, 0.29) is 0 Å². The van der Waals surface area contributed by atoms with Crippen molar-refractivity contribution < 1.29 is 18.9 Å². The molecule has 182 valence electrons. The summed E-state index contributed by atoms with van der Waals surface area (Å²) in [5.74, 6) is 3.41. The van der Waals surface area contributed by atoms with Crippen molar-refractivity contribution in [1.82, 2.24) is 0 Å². The van der Waals surface area contributed by atoms with Gasteiger partial charge in [-0.15, -0.1) is 0 Å². The number of hydrogen-bond donors (Lipinski definition) is 0. The number of benzene rings is 5. The lowest BCUT2D eigenvalue weighted by molar-refractivity contribution is 0.288. The van der Waals surface area contributed by atoms with E-state index in [0.717, 1.165) is 88.0 Å². The average Bonchev–Trinajstić information content (AvgIpc) is 3.07. The highest BCUT2D eigenvalue weighted by Crippen LogP contribution is 2.39. The number of ether oxygens (including phenoxy) is 4. The van der Waals surface area contributed by atoms with Gasteiger partial charge in [0.05, 0.1) is 26.4 Å². The quantitative estimate of drug-likeness (QED) is 0.210. The van der Waals surface area contributed by atoms with Crippen LogP contribution >= 0.6 is 0 Å². The maximum absolute atomic E-state index is 6.07. The molecule has 0 saturated carbocycles. The van der Waals surface area contributed by atoms with E-state index in [2.05, 4.69) is 60.7 Å². The molecule has 4 nitrogen and oxygen atoms in total. The standard InChI is InChI=1S/C32H30O4/c1-3-7-33-29-17-25-13-21-11-23-15-27-19-31-32(36-10-6-2-5-9-35-31)20-28(27)16-24(23)12-22(21)14-26(25)18-30(29)34-8-4-1/h11-20H,1-10H2. The Labute approximate surface area is 210 Å². The van der Waals surface area contributed by atoms with Crippen LogP contribution < -0.4 is 18.9 Å². The van der Waals surface area contributed by atoms with Crippen LogP contribution in [0.1, 0.15) is 38.5 Å². The Hall–Kier alpha value is -3.66. The summed E-state index contributed by atoms with van der Waals surface area (Å²) in [7, 11) is 0. The first-order chi connectivity index (χ1) is 17.8. The Bertz CT molecular complexity index is 1370. The second-order valence-electron chi connectivity index (χ2n) is 10.1. The zero-order chi connectivity index (χ0) is 23.9. The Balaban J connectivity index is 1.36. The predicted molar refractivity (Wildman–Crippen MR) is 146 cm³/mol. The van der Waals surface area contributed by atoms with Gasteiger partial charge in [-0.05, 0) is 142 Å². The third-order valence-corrected chi connectivity index (χ3v) is 7.44. The molecule has 2 heterocycles. The van der Waals surface area contributed by atoms with E-state index in [0.29, 0.717) is 0 Å². The first kappa shape index (κ1) is 21.6. The van der Waals surface area contributed by atoms with E-state index in [1.807, 2.05) is 0 Å². The molecule has 0 N–H and O–H groups in total. The summed E-state index contributed by atoms with van der Waals surface area (Å²) in [5, 5.41) is 9.58. The molecular formula is C32H30O4. The molecule has 0 fully saturated rings. The molecular weight excluding hydrogens is 448 g/mol. The molecule has 0 unspecified atom stereocenters. The highest BCUT2D eigenvalue weighted by Gasteiger charge is 2.13. The summed E-state index contributed by atoms with van der Waals surface area (Å²) in [6.45, 7) is 2.97. The highest BCUT2D eigenvalue weighted by atomic mass is 16.5. The lowest BCUT2D eigenvalue weighted by Gasteiger charge is -2.14. The Morgan fingerprint density at radius 3 is 0.750 bits per heavy atom. The van der Waals surface area contributed by atoms with Gasteiger partial charge < -0.3 is 18.9 Å². The van der Waals surface area contributed by atoms with Crippen LogP contribution in [-0.2, 0) is 0 Å². The van der Waals surface area contributed by atoms with Crippen molar-refractivity contribution in [3.05, 3.63) is 60.7 Å². The van der Waals surface area contributed by atoms with Crippen molar-refractivity contribution in [3.63, 3.8) is 0 Å². The van der Waals surface area contributed by atoms with E-state index in [1.165, 1.54) is 43.1 Å². The van der Waals surface area contributed by atoms with Gasteiger partial charge in [-0.25, -0.2) is 0 Å². The molecule has 5 aromatic rings. The Kier molecular flexibility index (Phi) is 5.46. The van der Waals surface area contributed by atoms with E-state index < -0.39 is 0 Å². The monoisotopic (exact) mass is 478 g/mol. The molecule has 5 aromatic carbocycles. The van der Waals surface area contributed by atoms with Crippen LogP contribution in [-0.4, -0.2) is 26.4 Å². The van der Waals surface area contributed by atoms with Crippen LogP contribution in [0.3, 0.4) is 0 Å². The Morgan fingerprint density at radius 1 is 0.278 bits per heavy atom. The molecule has 2 aliphatic rings. The Morgan fingerprint density at radius 2 is 0.500 bits per heavy atom. The summed E-state index contributed by atoms with van der Waals surface area (Å²) < 4.78 is 24.3. The van der Waals surface area contributed by atoms with E-state index >= 15 is 0 Å². The minimum atomic E-state index is 0.742. The van der Waals surface area contributed by atoms with Gasteiger partial charge in [-0.2, -0.15) is 0 Å². The van der Waals surface area contributed by atoms with Gasteiger partial charge in [0.15, 0.2) is 23.0 Å². The third-order valence-electron chi connectivity index (χ3n) is 7.44. The smallest absolute Gasteiger partial charge is 0.161 e. The topological polar surface area (TPSA) is 36.9 Å². The van der Waals surface area contributed by atoms with Crippen LogP contribution in [0.5, 0.6) is 23.0 Å². The number of rotatable bonds is 0. The zero-order valence-electron chi connectivity index (χ0n) is 20.5. The fraction of sp³-hybridized carbons (Fsp3) is 0.312. The molecule has 0 aliphatic carbocycles. The van der Waals surface area contributed by atoms with Crippen LogP contribution in [0.4, 0.5) is 0 Å². The zero-order valence-corrected chi connectivity index (χ0v) is 20.5. The second kappa shape index (κ2) is 9.09. The first-order valence-electron chi connectivity index (χ1n) is 13.2. The predicted octanol–water partition coefficient (Wildman–Crippen LogP) is 8.18. The van der Waals surface area contributed by atoms with Crippen LogP contribution in [0, 0.1) is 0 Å². The largest absolute Gasteiger partial charge is 0.490 e. The van der Waals surface area contributed by atoms with Gasteiger partial charge in [-0.1, -0.05) is 0 Å². The molecule has 7 rings (SSSR count). The second-order valence-corrected chi connectivity index (χ2v) is 10.1. The first-order valence-corrected chi connectivity index (χ1v) is 13.2. The summed E-state index contributed by atoms with van der Waals surface area (Å²) >= 11 is 0. The molecule has 36 heavy (non-hydrogen) atoms. The summed E-state index contributed by atoms with van der Waals surface area (Å²) in [4.78, 5) is 0. The normalized spacial score (nSPS) is 16.7. The summed E-state index contributed by atoms with van der Waals surface area (Å²) in [6.07, 6.45) is 6.55. The van der Waals surface area contributed by atoms with Crippen molar-refractivity contribution in [2.45, 2.75) is 38.5 Å². The van der Waals surface area contributed by atoms with Crippen molar-refractivity contribution in [2.75, 3.05) is 26.4 Å². The summed E-state index contributed by atoms with van der Waals surface area (Å²) in [5.41, 5.74) is 0. The number of fused-ring (bicyclic) bond motifs is 6.